The smallest absolute Gasteiger partial charge is 0.272 e. The first-order valence-corrected chi connectivity index (χ1v) is 8.56. The zero-order chi connectivity index (χ0) is 18.7. The second kappa shape index (κ2) is 7.47. The topological polar surface area (TPSA) is 49.0 Å². The molecule has 1 aromatic heterocycles. The molecule has 130 valence electrons. The van der Waals surface area contributed by atoms with E-state index in [1.807, 2.05) is 48.0 Å². The fraction of sp³-hybridized carbons (Fsp3) is 0.143. The fourth-order valence-electron chi connectivity index (χ4n) is 3.01. The third kappa shape index (κ3) is 3.22. The number of para-hydroxylation sites is 1. The first-order chi connectivity index (χ1) is 12.6. The Labute approximate surface area is 157 Å². The van der Waals surface area contributed by atoms with Crippen LogP contribution >= 0.6 is 11.6 Å². The summed E-state index contributed by atoms with van der Waals surface area (Å²) >= 11 is 6.51. The molecular formula is C21H18ClN3O. The van der Waals surface area contributed by atoms with Crippen LogP contribution in [0.4, 0.5) is 0 Å². The Morgan fingerprint density at radius 3 is 2.58 bits per heavy atom. The summed E-state index contributed by atoms with van der Waals surface area (Å²) in [6, 6.07) is 17.0. The van der Waals surface area contributed by atoms with Crippen LogP contribution < -0.4 is 0 Å². The van der Waals surface area contributed by atoms with Crippen LogP contribution in [0.2, 0.25) is 5.02 Å². The molecule has 0 unspecified atom stereocenters. The lowest BCUT2D eigenvalue weighted by atomic mass is 10.1. The van der Waals surface area contributed by atoms with E-state index in [2.05, 4.69) is 12.6 Å². The second-order valence-corrected chi connectivity index (χ2v) is 6.40. The molecule has 0 atom stereocenters. The van der Waals surface area contributed by atoms with E-state index >= 15 is 0 Å². The summed E-state index contributed by atoms with van der Waals surface area (Å²) < 4.78 is 1.83. The number of nitrogens with zero attached hydrogens (tertiary/aromatic N) is 3. The minimum atomic E-state index is -0.155. The van der Waals surface area contributed by atoms with Crippen molar-refractivity contribution in [3.8, 4) is 6.07 Å². The van der Waals surface area contributed by atoms with Crippen molar-refractivity contribution in [2.24, 2.45) is 7.05 Å². The van der Waals surface area contributed by atoms with Crippen molar-refractivity contribution in [2.45, 2.75) is 6.54 Å². The van der Waals surface area contributed by atoms with Gasteiger partial charge in [0.25, 0.3) is 5.91 Å². The lowest BCUT2D eigenvalue weighted by molar-refractivity contribution is 0.0754. The monoisotopic (exact) mass is 363 g/mol. The maximum Gasteiger partial charge on any atom is 0.272 e. The number of hydrogen-bond donors (Lipinski definition) is 0. The number of carbonyl (C=O) groups excluding carboxylic acids is 1. The molecule has 0 aliphatic heterocycles. The third-order valence-corrected chi connectivity index (χ3v) is 4.72. The van der Waals surface area contributed by atoms with E-state index in [0.29, 0.717) is 29.4 Å². The van der Waals surface area contributed by atoms with Gasteiger partial charge in [0.15, 0.2) is 0 Å². The molecule has 1 heterocycles. The number of amides is 1. The van der Waals surface area contributed by atoms with Crippen LogP contribution in [0.1, 0.15) is 21.6 Å². The van der Waals surface area contributed by atoms with Crippen LogP contribution in [0.5, 0.6) is 0 Å². The Bertz CT molecular complexity index is 973. The predicted molar refractivity (Wildman–Crippen MR) is 104 cm³/mol. The maximum atomic E-state index is 13.2. The van der Waals surface area contributed by atoms with Crippen molar-refractivity contribution >= 4 is 28.4 Å². The molecule has 0 saturated heterocycles. The molecule has 0 spiro atoms. The average Bonchev–Trinajstić information content (AvgIpc) is 2.92. The summed E-state index contributed by atoms with van der Waals surface area (Å²) in [5.74, 6) is -0.155. The number of aryl methyl sites for hydroxylation is 1. The number of aromatic nitrogens is 1. The molecule has 0 radical (unpaired) electrons. The Morgan fingerprint density at radius 1 is 1.27 bits per heavy atom. The molecule has 1 amide bonds. The van der Waals surface area contributed by atoms with E-state index in [1.54, 1.807) is 23.1 Å². The van der Waals surface area contributed by atoms with E-state index < -0.39 is 0 Å². The zero-order valence-electron chi connectivity index (χ0n) is 14.4. The molecule has 26 heavy (non-hydrogen) atoms. The van der Waals surface area contributed by atoms with Gasteiger partial charge in [-0.2, -0.15) is 5.26 Å². The van der Waals surface area contributed by atoms with Crippen molar-refractivity contribution in [3.05, 3.63) is 83.0 Å². The van der Waals surface area contributed by atoms with E-state index in [4.69, 9.17) is 16.9 Å². The average molecular weight is 364 g/mol. The van der Waals surface area contributed by atoms with E-state index in [9.17, 15) is 4.79 Å². The highest BCUT2D eigenvalue weighted by atomic mass is 35.5. The SMILES string of the molecule is C=CCN(Cc1ccc(C#N)cc1)C(=O)c1c(Cl)c2ccccc2n1C. The number of rotatable bonds is 5. The molecule has 0 saturated carbocycles. The van der Waals surface area contributed by atoms with Gasteiger partial charge in [0.05, 0.1) is 16.7 Å². The van der Waals surface area contributed by atoms with Crippen molar-refractivity contribution in [2.75, 3.05) is 6.54 Å². The molecule has 4 nitrogen and oxygen atoms in total. The quantitative estimate of drug-likeness (QED) is 0.625. The summed E-state index contributed by atoms with van der Waals surface area (Å²) in [7, 11) is 1.84. The fourth-order valence-corrected chi connectivity index (χ4v) is 3.38. The van der Waals surface area contributed by atoms with Gasteiger partial charge in [-0.3, -0.25) is 4.79 Å². The van der Waals surface area contributed by atoms with Crippen molar-refractivity contribution < 1.29 is 4.79 Å². The highest BCUT2D eigenvalue weighted by Gasteiger charge is 2.24. The van der Waals surface area contributed by atoms with Gasteiger partial charge in [-0.25, -0.2) is 0 Å². The summed E-state index contributed by atoms with van der Waals surface area (Å²) in [6.45, 7) is 4.57. The Kier molecular flexibility index (Phi) is 5.11. The van der Waals surface area contributed by atoms with Gasteiger partial charge >= 0.3 is 0 Å². The van der Waals surface area contributed by atoms with Crippen LogP contribution in [-0.4, -0.2) is 21.9 Å². The molecule has 5 heteroatoms. The van der Waals surface area contributed by atoms with Crippen LogP contribution in [0, 0.1) is 11.3 Å². The maximum absolute atomic E-state index is 13.2. The molecule has 0 N–H and O–H groups in total. The van der Waals surface area contributed by atoms with E-state index in [-0.39, 0.29) is 5.91 Å². The highest BCUT2D eigenvalue weighted by Crippen LogP contribution is 2.30. The number of carbonyl (C=O) groups is 1. The minimum Gasteiger partial charge on any atom is -0.338 e. The van der Waals surface area contributed by atoms with Crippen LogP contribution in [-0.2, 0) is 13.6 Å². The van der Waals surface area contributed by atoms with Gasteiger partial charge in [0.1, 0.15) is 5.69 Å². The van der Waals surface area contributed by atoms with Gasteiger partial charge in [-0.1, -0.05) is 48.0 Å². The van der Waals surface area contributed by atoms with Crippen LogP contribution in [0.15, 0.2) is 61.2 Å². The van der Waals surface area contributed by atoms with Gasteiger partial charge in [-0.05, 0) is 23.8 Å². The van der Waals surface area contributed by atoms with Crippen molar-refractivity contribution in [1.29, 1.82) is 5.26 Å². The highest BCUT2D eigenvalue weighted by molar-refractivity contribution is 6.38. The zero-order valence-corrected chi connectivity index (χ0v) is 15.2. The summed E-state index contributed by atoms with van der Waals surface area (Å²) in [6.07, 6.45) is 1.69. The number of halogens is 1. The lowest BCUT2D eigenvalue weighted by Crippen LogP contribution is -2.32. The molecule has 2 aromatic carbocycles. The molecule has 0 fully saturated rings. The number of nitriles is 1. The van der Waals surface area contributed by atoms with Crippen molar-refractivity contribution in [1.82, 2.24) is 9.47 Å². The second-order valence-electron chi connectivity index (χ2n) is 6.02. The number of hydrogen-bond acceptors (Lipinski definition) is 2. The van der Waals surface area contributed by atoms with Gasteiger partial charge in [-0.15, -0.1) is 6.58 Å². The number of fused-ring (bicyclic) bond motifs is 1. The van der Waals surface area contributed by atoms with E-state index in [0.717, 1.165) is 16.5 Å². The third-order valence-electron chi connectivity index (χ3n) is 4.34. The predicted octanol–water partition coefficient (Wildman–Crippen LogP) is 4.53. The standard InChI is InChI=1S/C21H18ClN3O/c1-3-12-25(14-16-10-8-15(13-23)9-11-16)21(26)20-19(22)17-6-4-5-7-18(17)24(20)2/h3-11H,1,12,14H2,2H3. The Balaban J connectivity index is 1.96. The largest absolute Gasteiger partial charge is 0.338 e. The normalized spacial score (nSPS) is 10.5. The van der Waals surface area contributed by atoms with Gasteiger partial charge in [0.2, 0.25) is 0 Å². The Morgan fingerprint density at radius 2 is 1.96 bits per heavy atom. The molecular weight excluding hydrogens is 346 g/mol. The summed E-state index contributed by atoms with van der Waals surface area (Å²) in [4.78, 5) is 14.9. The van der Waals surface area contributed by atoms with Crippen LogP contribution in [0.3, 0.4) is 0 Å². The van der Waals surface area contributed by atoms with Crippen LogP contribution in [0.25, 0.3) is 10.9 Å². The molecule has 3 aromatic rings. The Hall–Kier alpha value is -3.03. The molecule has 3 rings (SSSR count). The number of benzene rings is 2. The minimum absolute atomic E-state index is 0.155. The molecule has 0 bridgehead atoms. The first kappa shape index (κ1) is 17.8. The molecule has 0 aliphatic rings. The summed E-state index contributed by atoms with van der Waals surface area (Å²) in [5, 5.41) is 10.2. The van der Waals surface area contributed by atoms with Crippen molar-refractivity contribution in [3.63, 3.8) is 0 Å². The van der Waals surface area contributed by atoms with Gasteiger partial charge in [0, 0.05) is 31.0 Å². The van der Waals surface area contributed by atoms with E-state index in [1.165, 1.54) is 0 Å². The van der Waals surface area contributed by atoms with Gasteiger partial charge < -0.3 is 9.47 Å². The summed E-state index contributed by atoms with van der Waals surface area (Å²) in [5.41, 5.74) is 2.90. The first-order valence-electron chi connectivity index (χ1n) is 8.19. The molecule has 0 aliphatic carbocycles. The lowest BCUT2D eigenvalue weighted by Gasteiger charge is -2.22.